The monoisotopic (exact) mass is 239 g/mol. The van der Waals surface area contributed by atoms with Crippen molar-refractivity contribution in [1.82, 2.24) is 4.90 Å². The van der Waals surface area contributed by atoms with Gasteiger partial charge in [-0.15, -0.1) is 0 Å². The molecule has 2 unspecified atom stereocenters. The van der Waals surface area contributed by atoms with Gasteiger partial charge in [0, 0.05) is 19.6 Å². The maximum atomic E-state index is 12.4. The van der Waals surface area contributed by atoms with Gasteiger partial charge in [-0.25, -0.2) is 0 Å². The molecule has 1 fully saturated rings. The quantitative estimate of drug-likeness (QED) is 0.721. The average Bonchev–Trinajstić information content (AvgIpc) is 2.60. The van der Waals surface area contributed by atoms with Crippen LogP contribution in [0, 0.1) is 11.8 Å². The van der Waals surface area contributed by atoms with Gasteiger partial charge in [-0.05, 0) is 13.0 Å². The molecule has 2 atom stereocenters. The van der Waals surface area contributed by atoms with Gasteiger partial charge >= 0.3 is 6.18 Å². The Morgan fingerprint density at radius 3 is 2.50 bits per heavy atom. The molecule has 4 N–H and O–H groups in total. The fraction of sp³-hybridized carbons (Fsp3) is 0.889. The first kappa shape index (κ1) is 13.2. The van der Waals surface area contributed by atoms with Crippen molar-refractivity contribution in [3.63, 3.8) is 0 Å². The molecule has 4 nitrogen and oxygen atoms in total. The molecule has 0 bridgehead atoms. The van der Waals surface area contributed by atoms with Gasteiger partial charge in [-0.2, -0.15) is 13.2 Å². The summed E-state index contributed by atoms with van der Waals surface area (Å²) in [6, 6.07) is 0. The summed E-state index contributed by atoms with van der Waals surface area (Å²) in [4.78, 5) is 12.4. The summed E-state index contributed by atoms with van der Waals surface area (Å²) in [7, 11) is 0. The van der Waals surface area contributed by atoms with Gasteiger partial charge in [0.2, 0.25) is 5.91 Å². The third-order valence-corrected chi connectivity index (χ3v) is 2.90. The van der Waals surface area contributed by atoms with Gasteiger partial charge in [0.1, 0.15) is 0 Å². The van der Waals surface area contributed by atoms with E-state index in [-0.39, 0.29) is 12.5 Å². The molecule has 1 saturated heterocycles. The van der Waals surface area contributed by atoms with E-state index in [1.54, 1.807) is 4.90 Å². The number of rotatable bonds is 4. The molecule has 0 aromatic rings. The van der Waals surface area contributed by atoms with Crippen molar-refractivity contribution in [1.29, 1.82) is 0 Å². The van der Waals surface area contributed by atoms with Gasteiger partial charge in [0.25, 0.3) is 0 Å². The van der Waals surface area contributed by atoms with E-state index in [1.165, 1.54) is 0 Å². The zero-order chi connectivity index (χ0) is 12.3. The Morgan fingerprint density at radius 2 is 2.12 bits per heavy atom. The van der Waals surface area contributed by atoms with Crippen LogP contribution < -0.4 is 11.5 Å². The van der Waals surface area contributed by atoms with E-state index in [1.807, 2.05) is 0 Å². The summed E-state index contributed by atoms with van der Waals surface area (Å²) in [6.07, 6.45) is -3.75. The SMILES string of the molecule is NCC(CN1CCC(C(N)=O)C1)C(F)(F)F. The van der Waals surface area contributed by atoms with Crippen LogP contribution in [-0.2, 0) is 4.79 Å². The zero-order valence-corrected chi connectivity index (χ0v) is 8.83. The van der Waals surface area contributed by atoms with Crippen LogP contribution in [0.4, 0.5) is 13.2 Å². The van der Waals surface area contributed by atoms with E-state index >= 15 is 0 Å². The molecule has 16 heavy (non-hydrogen) atoms. The Labute approximate surface area is 91.8 Å². The number of nitrogens with zero attached hydrogens (tertiary/aromatic N) is 1. The van der Waals surface area contributed by atoms with E-state index in [9.17, 15) is 18.0 Å². The van der Waals surface area contributed by atoms with Crippen molar-refractivity contribution in [2.45, 2.75) is 12.6 Å². The maximum absolute atomic E-state index is 12.4. The number of carbonyl (C=O) groups excluding carboxylic acids is 1. The summed E-state index contributed by atoms with van der Waals surface area (Å²) in [5, 5.41) is 0. The van der Waals surface area contributed by atoms with Crippen LogP contribution in [0.3, 0.4) is 0 Å². The van der Waals surface area contributed by atoms with Gasteiger partial charge in [-0.1, -0.05) is 0 Å². The fourth-order valence-corrected chi connectivity index (χ4v) is 1.85. The molecule has 1 amide bonds. The first-order chi connectivity index (χ1) is 7.34. The number of hydrogen-bond acceptors (Lipinski definition) is 3. The second kappa shape index (κ2) is 5.01. The third kappa shape index (κ3) is 3.34. The molecular weight excluding hydrogens is 223 g/mol. The molecule has 0 saturated carbocycles. The lowest BCUT2D eigenvalue weighted by Gasteiger charge is -2.24. The van der Waals surface area contributed by atoms with E-state index in [0.717, 1.165) is 0 Å². The Kier molecular flexibility index (Phi) is 4.15. The first-order valence-corrected chi connectivity index (χ1v) is 5.13. The lowest BCUT2D eigenvalue weighted by Crippen LogP contribution is -2.40. The van der Waals surface area contributed by atoms with Crippen LogP contribution >= 0.6 is 0 Å². The smallest absolute Gasteiger partial charge is 0.369 e. The number of amides is 1. The summed E-state index contributed by atoms with van der Waals surface area (Å²) in [5.41, 5.74) is 10.2. The van der Waals surface area contributed by atoms with Crippen molar-refractivity contribution < 1.29 is 18.0 Å². The van der Waals surface area contributed by atoms with Crippen molar-refractivity contribution in [3.8, 4) is 0 Å². The summed E-state index contributed by atoms with van der Waals surface area (Å²) in [5.74, 6) is -2.30. The number of nitrogens with two attached hydrogens (primary N) is 2. The van der Waals surface area contributed by atoms with Crippen molar-refractivity contribution in [2.75, 3.05) is 26.2 Å². The summed E-state index contributed by atoms with van der Waals surface area (Å²) in [6.45, 7) is 0.202. The minimum Gasteiger partial charge on any atom is -0.369 e. The van der Waals surface area contributed by atoms with Crippen LogP contribution in [0.15, 0.2) is 0 Å². The van der Waals surface area contributed by atoms with Crippen molar-refractivity contribution in [3.05, 3.63) is 0 Å². The molecule has 1 aliphatic heterocycles. The van der Waals surface area contributed by atoms with Crippen LogP contribution in [0.25, 0.3) is 0 Å². The summed E-state index contributed by atoms with van der Waals surface area (Å²) >= 11 is 0. The van der Waals surface area contributed by atoms with Crippen molar-refractivity contribution in [2.24, 2.45) is 23.3 Å². The van der Waals surface area contributed by atoms with Crippen LogP contribution in [0.1, 0.15) is 6.42 Å². The van der Waals surface area contributed by atoms with Crippen LogP contribution in [0.2, 0.25) is 0 Å². The second-order valence-electron chi connectivity index (χ2n) is 4.12. The van der Waals surface area contributed by atoms with Gasteiger partial charge < -0.3 is 16.4 Å². The van der Waals surface area contributed by atoms with Gasteiger partial charge in [0.05, 0.1) is 11.8 Å². The lowest BCUT2D eigenvalue weighted by atomic mass is 10.1. The highest BCUT2D eigenvalue weighted by atomic mass is 19.4. The molecule has 0 spiro atoms. The standard InChI is InChI=1S/C9H16F3N3O/c10-9(11,12)7(3-13)5-15-2-1-6(4-15)8(14)16/h6-7H,1-5,13H2,(H2,14,16). The van der Waals surface area contributed by atoms with Gasteiger partial charge in [0.15, 0.2) is 0 Å². The Morgan fingerprint density at radius 1 is 1.50 bits per heavy atom. The van der Waals surface area contributed by atoms with Crippen LogP contribution in [0.5, 0.6) is 0 Å². The van der Waals surface area contributed by atoms with E-state index < -0.39 is 24.5 Å². The first-order valence-electron chi connectivity index (χ1n) is 5.13. The topological polar surface area (TPSA) is 72.3 Å². The van der Waals surface area contributed by atoms with E-state index in [0.29, 0.717) is 19.5 Å². The second-order valence-corrected chi connectivity index (χ2v) is 4.12. The lowest BCUT2D eigenvalue weighted by molar-refractivity contribution is -0.175. The molecule has 0 aromatic carbocycles. The fourth-order valence-electron chi connectivity index (χ4n) is 1.85. The highest BCUT2D eigenvalue weighted by molar-refractivity contribution is 5.77. The summed E-state index contributed by atoms with van der Waals surface area (Å²) < 4.78 is 37.3. The molecule has 94 valence electrons. The number of halogens is 3. The predicted octanol–water partition coefficient (Wildman–Crippen LogP) is -0.0692. The van der Waals surface area contributed by atoms with Crippen LogP contribution in [-0.4, -0.2) is 43.2 Å². The molecule has 1 heterocycles. The van der Waals surface area contributed by atoms with E-state index in [2.05, 4.69) is 0 Å². The number of carbonyl (C=O) groups is 1. The molecule has 7 heteroatoms. The Balaban J connectivity index is 2.46. The minimum absolute atomic E-state index is 0.149. The average molecular weight is 239 g/mol. The molecule has 0 aromatic heterocycles. The largest absolute Gasteiger partial charge is 0.394 e. The van der Waals surface area contributed by atoms with E-state index in [4.69, 9.17) is 11.5 Å². The van der Waals surface area contributed by atoms with Gasteiger partial charge in [-0.3, -0.25) is 4.79 Å². The number of primary amides is 1. The number of alkyl halides is 3. The highest BCUT2D eigenvalue weighted by Gasteiger charge is 2.40. The maximum Gasteiger partial charge on any atom is 0.394 e. The molecule has 1 aliphatic rings. The Hall–Kier alpha value is -0.820. The number of hydrogen-bond donors (Lipinski definition) is 2. The zero-order valence-electron chi connectivity index (χ0n) is 8.83. The molecular formula is C9H16F3N3O. The third-order valence-electron chi connectivity index (χ3n) is 2.90. The predicted molar refractivity (Wildman–Crippen MR) is 52.3 cm³/mol. The Bertz CT molecular complexity index is 257. The molecule has 0 radical (unpaired) electrons. The number of likely N-dealkylation sites (tertiary alicyclic amines) is 1. The molecule has 0 aliphatic carbocycles. The minimum atomic E-state index is -4.28. The molecule has 1 rings (SSSR count). The normalized spacial score (nSPS) is 24.6. The highest BCUT2D eigenvalue weighted by Crippen LogP contribution is 2.27. The van der Waals surface area contributed by atoms with Crippen molar-refractivity contribution >= 4 is 5.91 Å².